The molecule has 0 unspecified atom stereocenters. The number of para-hydroxylation sites is 1. The Morgan fingerprint density at radius 3 is 2.24 bits per heavy atom. The number of nitrogens with zero attached hydrogens (tertiary/aromatic N) is 2. The van der Waals surface area contributed by atoms with Crippen molar-refractivity contribution in [2.75, 3.05) is 12.0 Å². The summed E-state index contributed by atoms with van der Waals surface area (Å²) in [7, 11) is 1.64. The topological polar surface area (TPSA) is 41.9 Å². The van der Waals surface area contributed by atoms with Gasteiger partial charge >= 0.3 is 0 Å². The summed E-state index contributed by atoms with van der Waals surface area (Å²) in [5, 5.41) is 0.685. The highest BCUT2D eigenvalue weighted by atomic mass is 32.2. The van der Waals surface area contributed by atoms with Crippen molar-refractivity contribution < 1.29 is 9.53 Å². The van der Waals surface area contributed by atoms with Gasteiger partial charge in [0.05, 0.1) is 24.2 Å². The van der Waals surface area contributed by atoms with Gasteiger partial charge in [0.25, 0.3) is 5.91 Å². The van der Waals surface area contributed by atoms with Gasteiger partial charge in [-0.1, -0.05) is 60.7 Å². The number of aliphatic imine (C=N–C) groups is 1. The lowest BCUT2D eigenvalue weighted by Crippen LogP contribution is -2.28. The smallest absolute Gasteiger partial charge is 0.271 e. The van der Waals surface area contributed by atoms with Crippen LogP contribution in [0.25, 0.3) is 6.08 Å². The maximum atomic E-state index is 13.2. The van der Waals surface area contributed by atoms with Crippen LogP contribution in [0, 0.1) is 0 Å². The second-order valence-corrected chi connectivity index (χ2v) is 7.45. The molecular formula is C24H20N2O2S. The fourth-order valence-electron chi connectivity index (χ4n) is 2.98. The number of rotatable bonds is 5. The summed E-state index contributed by atoms with van der Waals surface area (Å²) in [6.45, 7) is 0.523. The van der Waals surface area contributed by atoms with Gasteiger partial charge in [0.2, 0.25) is 0 Å². The quantitative estimate of drug-likeness (QED) is 0.541. The number of benzene rings is 3. The van der Waals surface area contributed by atoms with Gasteiger partial charge in [0.1, 0.15) is 5.75 Å². The van der Waals surface area contributed by atoms with E-state index in [1.165, 1.54) is 11.8 Å². The molecule has 1 heterocycles. The first-order valence-electron chi connectivity index (χ1n) is 9.26. The van der Waals surface area contributed by atoms with E-state index in [1.807, 2.05) is 91.0 Å². The Morgan fingerprint density at radius 2 is 1.59 bits per heavy atom. The maximum absolute atomic E-state index is 13.2. The molecular weight excluding hydrogens is 380 g/mol. The summed E-state index contributed by atoms with van der Waals surface area (Å²) in [5.74, 6) is 0.720. The van der Waals surface area contributed by atoms with Crippen LogP contribution in [0.15, 0.2) is 94.8 Å². The molecule has 3 aromatic rings. The molecule has 3 aromatic carbocycles. The standard InChI is InChI=1S/C24H20N2O2S/c1-28-21-14-12-18(13-15-21)16-22-23(27)26(20-10-6-3-7-11-20)24(29-22)25-17-19-8-4-2-5-9-19/h2-16H,17H2,1H3/b22-16-,25-24?. The number of thioether (sulfide) groups is 1. The molecule has 1 aliphatic heterocycles. The largest absolute Gasteiger partial charge is 0.497 e. The molecule has 1 aliphatic rings. The van der Waals surface area contributed by atoms with E-state index in [-0.39, 0.29) is 5.91 Å². The third-order valence-electron chi connectivity index (χ3n) is 4.47. The number of carbonyl (C=O) groups is 1. The van der Waals surface area contributed by atoms with E-state index in [4.69, 9.17) is 9.73 Å². The van der Waals surface area contributed by atoms with Gasteiger partial charge in [0.15, 0.2) is 5.17 Å². The van der Waals surface area contributed by atoms with Crippen LogP contribution in [-0.4, -0.2) is 18.2 Å². The van der Waals surface area contributed by atoms with Crippen LogP contribution in [-0.2, 0) is 11.3 Å². The summed E-state index contributed by atoms with van der Waals surface area (Å²) >= 11 is 1.40. The molecule has 4 nitrogen and oxygen atoms in total. The number of ether oxygens (including phenoxy) is 1. The summed E-state index contributed by atoms with van der Waals surface area (Å²) in [6.07, 6.45) is 1.90. The average Bonchev–Trinajstić information content (AvgIpc) is 3.09. The van der Waals surface area contributed by atoms with E-state index in [2.05, 4.69) is 0 Å². The van der Waals surface area contributed by atoms with Crippen LogP contribution in [0.3, 0.4) is 0 Å². The van der Waals surface area contributed by atoms with E-state index in [1.54, 1.807) is 12.0 Å². The average molecular weight is 401 g/mol. The molecule has 1 amide bonds. The molecule has 0 N–H and O–H groups in total. The molecule has 0 saturated carbocycles. The van der Waals surface area contributed by atoms with Gasteiger partial charge in [-0.15, -0.1) is 0 Å². The Labute approximate surface area is 174 Å². The van der Waals surface area contributed by atoms with Crippen molar-refractivity contribution in [1.29, 1.82) is 0 Å². The van der Waals surface area contributed by atoms with E-state index in [9.17, 15) is 4.79 Å². The minimum Gasteiger partial charge on any atom is -0.497 e. The third kappa shape index (κ3) is 4.41. The summed E-state index contributed by atoms with van der Waals surface area (Å²) < 4.78 is 5.21. The SMILES string of the molecule is COc1ccc(/C=C2\SC(=NCc3ccccc3)N(c3ccccc3)C2=O)cc1. The van der Waals surface area contributed by atoms with Crippen molar-refractivity contribution in [1.82, 2.24) is 0 Å². The van der Waals surface area contributed by atoms with Crippen molar-refractivity contribution >= 4 is 34.6 Å². The summed E-state index contributed by atoms with van der Waals surface area (Å²) in [4.78, 5) is 20.3. The van der Waals surface area contributed by atoms with Gasteiger partial charge in [-0.25, -0.2) is 0 Å². The van der Waals surface area contributed by atoms with Crippen molar-refractivity contribution in [3.63, 3.8) is 0 Å². The van der Waals surface area contributed by atoms with Crippen LogP contribution in [0.4, 0.5) is 5.69 Å². The summed E-state index contributed by atoms with van der Waals surface area (Å²) in [6, 6.07) is 27.3. The van der Waals surface area contributed by atoms with E-state index in [0.29, 0.717) is 16.6 Å². The highest BCUT2D eigenvalue weighted by Gasteiger charge is 2.34. The highest BCUT2D eigenvalue weighted by molar-refractivity contribution is 8.19. The molecule has 144 valence electrons. The second kappa shape index (κ2) is 8.80. The van der Waals surface area contributed by atoms with Crippen LogP contribution >= 0.6 is 11.8 Å². The molecule has 0 radical (unpaired) electrons. The van der Waals surface area contributed by atoms with Crippen LogP contribution in [0.5, 0.6) is 5.75 Å². The monoisotopic (exact) mass is 400 g/mol. The minimum atomic E-state index is -0.0659. The lowest BCUT2D eigenvalue weighted by atomic mass is 10.2. The summed E-state index contributed by atoms with van der Waals surface area (Å²) in [5.41, 5.74) is 2.86. The second-order valence-electron chi connectivity index (χ2n) is 6.44. The van der Waals surface area contributed by atoms with Crippen molar-refractivity contribution in [2.24, 2.45) is 4.99 Å². The lowest BCUT2D eigenvalue weighted by molar-refractivity contribution is -0.113. The molecule has 29 heavy (non-hydrogen) atoms. The number of hydrogen-bond acceptors (Lipinski definition) is 4. The normalized spacial score (nSPS) is 16.6. The molecule has 0 spiro atoms. The van der Waals surface area contributed by atoms with Gasteiger partial charge in [-0.2, -0.15) is 0 Å². The zero-order valence-corrected chi connectivity index (χ0v) is 16.8. The Hall–Kier alpha value is -3.31. The van der Waals surface area contributed by atoms with Crippen molar-refractivity contribution in [2.45, 2.75) is 6.54 Å². The highest BCUT2D eigenvalue weighted by Crippen LogP contribution is 2.36. The molecule has 0 atom stereocenters. The molecule has 5 heteroatoms. The van der Waals surface area contributed by atoms with Crippen molar-refractivity contribution in [3.05, 3.63) is 101 Å². The molecule has 0 bridgehead atoms. The Balaban J connectivity index is 1.66. The molecule has 0 aromatic heterocycles. The van der Waals surface area contributed by atoms with Crippen molar-refractivity contribution in [3.8, 4) is 5.75 Å². The number of amides is 1. The molecule has 1 saturated heterocycles. The third-order valence-corrected chi connectivity index (χ3v) is 5.48. The number of methoxy groups -OCH3 is 1. The van der Waals surface area contributed by atoms with Gasteiger partial charge < -0.3 is 4.74 Å². The first-order valence-corrected chi connectivity index (χ1v) is 10.1. The molecule has 1 fully saturated rings. The van der Waals surface area contributed by atoms with Gasteiger partial charge in [0, 0.05) is 0 Å². The van der Waals surface area contributed by atoms with E-state index < -0.39 is 0 Å². The van der Waals surface area contributed by atoms with Gasteiger partial charge in [-0.3, -0.25) is 14.7 Å². The van der Waals surface area contributed by atoms with Gasteiger partial charge in [-0.05, 0) is 53.2 Å². The van der Waals surface area contributed by atoms with Crippen LogP contribution < -0.4 is 9.64 Å². The fourth-order valence-corrected chi connectivity index (χ4v) is 3.96. The molecule has 4 rings (SSSR count). The number of anilines is 1. The molecule has 0 aliphatic carbocycles. The minimum absolute atomic E-state index is 0.0659. The van der Waals surface area contributed by atoms with E-state index in [0.717, 1.165) is 22.6 Å². The maximum Gasteiger partial charge on any atom is 0.271 e. The first-order chi connectivity index (χ1) is 14.2. The predicted octanol–water partition coefficient (Wildman–Crippen LogP) is 5.37. The Bertz CT molecular complexity index is 1050. The van der Waals surface area contributed by atoms with Crippen LogP contribution in [0.2, 0.25) is 0 Å². The number of carbonyl (C=O) groups excluding carboxylic acids is 1. The zero-order valence-electron chi connectivity index (χ0n) is 16.0. The Kier molecular flexibility index (Phi) is 5.77. The zero-order chi connectivity index (χ0) is 20.1. The Morgan fingerprint density at radius 1 is 0.931 bits per heavy atom. The van der Waals surface area contributed by atoms with E-state index >= 15 is 0 Å². The predicted molar refractivity (Wildman–Crippen MR) is 120 cm³/mol. The lowest BCUT2D eigenvalue weighted by Gasteiger charge is -2.15. The first kappa shape index (κ1) is 19.0. The number of amidine groups is 1. The van der Waals surface area contributed by atoms with Crippen LogP contribution in [0.1, 0.15) is 11.1 Å². The number of hydrogen-bond donors (Lipinski definition) is 0. The fraction of sp³-hybridized carbons (Fsp3) is 0.0833.